The number of hydrogen-bond acceptors (Lipinski definition) is 7. The highest BCUT2D eigenvalue weighted by Crippen LogP contribution is 2.53. The van der Waals surface area contributed by atoms with Gasteiger partial charge in [0.1, 0.15) is 11.5 Å². The van der Waals surface area contributed by atoms with E-state index in [2.05, 4.69) is 5.32 Å². The molecule has 2 saturated heterocycles. The molecule has 0 spiro atoms. The molecule has 7 atom stereocenters. The number of nitrogens with one attached hydrogen (secondary N) is 1. The van der Waals surface area contributed by atoms with Crippen LogP contribution in [0.2, 0.25) is 0 Å². The number of β-lactam (4-membered cyclic amide) rings is 1. The fourth-order valence-electron chi connectivity index (χ4n) is 4.87. The first kappa shape index (κ1) is 23.7. The molecule has 0 radical (unpaired) electrons. The van der Waals surface area contributed by atoms with Gasteiger partial charge in [-0.05, 0) is 19.3 Å². The predicted molar refractivity (Wildman–Crippen MR) is 117 cm³/mol. The largest absolute Gasteiger partial charge is 0.477 e. The van der Waals surface area contributed by atoms with Crippen LogP contribution in [0.4, 0.5) is 0 Å². The highest BCUT2D eigenvalue weighted by Gasteiger charge is 2.60. The van der Waals surface area contributed by atoms with Gasteiger partial charge in [0.15, 0.2) is 0 Å². The Bertz CT molecular complexity index is 827. The lowest BCUT2D eigenvalue weighted by molar-refractivity contribution is -0.160. The van der Waals surface area contributed by atoms with Crippen molar-refractivity contribution in [1.29, 1.82) is 0 Å². The molecule has 2 amide bonds. The first-order valence-electron chi connectivity index (χ1n) is 10.7. The van der Waals surface area contributed by atoms with Crippen LogP contribution in [0.3, 0.4) is 0 Å². The van der Waals surface area contributed by atoms with E-state index in [0.29, 0.717) is 17.9 Å². The summed E-state index contributed by atoms with van der Waals surface area (Å²) in [6.45, 7) is 6.03. The Morgan fingerprint density at radius 2 is 1.97 bits per heavy atom. The average Bonchev–Trinajstić information content (AvgIpc) is 3.23. The molecule has 2 fully saturated rings. The number of carbonyl (C=O) groups excluding carboxylic acids is 3. The van der Waals surface area contributed by atoms with Gasteiger partial charge in [-0.15, -0.1) is 11.8 Å². The predicted octanol–water partition coefficient (Wildman–Crippen LogP) is 0.254. The summed E-state index contributed by atoms with van der Waals surface area (Å²) in [4.78, 5) is 52.9. The fraction of sp³-hybridized carbons (Fsp3) is 0.714. The number of ketones is 1. The molecule has 3 rings (SSSR count). The van der Waals surface area contributed by atoms with Gasteiger partial charge in [0.05, 0.1) is 24.0 Å². The van der Waals surface area contributed by atoms with Crippen LogP contribution in [0.1, 0.15) is 33.6 Å². The van der Waals surface area contributed by atoms with Gasteiger partial charge in [-0.2, -0.15) is 0 Å². The molecule has 0 aromatic rings. The summed E-state index contributed by atoms with van der Waals surface area (Å²) in [6, 6.07) is -1.12. The van der Waals surface area contributed by atoms with Crippen molar-refractivity contribution >= 4 is 35.3 Å². The number of carboxylic acids is 1. The second-order valence-electron chi connectivity index (χ2n) is 9.14. The van der Waals surface area contributed by atoms with E-state index in [1.807, 2.05) is 13.8 Å². The maximum Gasteiger partial charge on any atom is 0.353 e. The van der Waals surface area contributed by atoms with E-state index >= 15 is 0 Å². The third-order valence-electron chi connectivity index (χ3n) is 6.56. The highest BCUT2D eigenvalue weighted by atomic mass is 32.2. The number of carboxylic acid groups (broad SMARTS) is 1. The molecule has 0 bridgehead atoms. The van der Waals surface area contributed by atoms with Crippen molar-refractivity contribution in [2.75, 3.05) is 20.6 Å². The Kier molecular flexibility index (Phi) is 6.83. The van der Waals surface area contributed by atoms with Gasteiger partial charge in [-0.25, -0.2) is 4.79 Å². The zero-order valence-corrected chi connectivity index (χ0v) is 19.4. The number of aliphatic carboxylic acids is 1. The number of likely N-dealkylation sites (N-methyl/N-ethyl adjacent to an activating group) is 1. The highest BCUT2D eigenvalue weighted by molar-refractivity contribution is 8.03. The van der Waals surface area contributed by atoms with E-state index < -0.39 is 17.9 Å². The molecule has 3 aliphatic heterocycles. The van der Waals surface area contributed by atoms with Gasteiger partial charge in [0.2, 0.25) is 11.8 Å². The van der Waals surface area contributed by atoms with Crippen LogP contribution < -0.4 is 11.1 Å². The summed E-state index contributed by atoms with van der Waals surface area (Å²) in [7, 11) is 3.42. The van der Waals surface area contributed by atoms with Gasteiger partial charge in [0.25, 0.3) is 0 Å². The molecule has 9 nitrogen and oxygen atoms in total. The van der Waals surface area contributed by atoms with Gasteiger partial charge in [-0.1, -0.05) is 13.8 Å². The maximum atomic E-state index is 12.9. The monoisotopic (exact) mass is 452 g/mol. The van der Waals surface area contributed by atoms with Crippen LogP contribution in [-0.4, -0.2) is 82.5 Å². The van der Waals surface area contributed by atoms with Crippen LogP contribution in [0.25, 0.3) is 0 Å². The normalized spacial score (nSPS) is 31.9. The van der Waals surface area contributed by atoms with Gasteiger partial charge in [-0.3, -0.25) is 14.4 Å². The number of amides is 2. The number of nitrogens with zero attached hydrogens (tertiary/aromatic N) is 2. The van der Waals surface area contributed by atoms with Crippen LogP contribution in [0.15, 0.2) is 10.6 Å². The molecule has 3 heterocycles. The lowest BCUT2D eigenvalue weighted by Gasteiger charge is -2.47. The molecule has 10 heteroatoms. The van der Waals surface area contributed by atoms with E-state index in [9.17, 15) is 24.3 Å². The van der Waals surface area contributed by atoms with E-state index in [1.165, 1.54) is 16.7 Å². The smallest absolute Gasteiger partial charge is 0.353 e. The number of Topliss-reactive ketones (excluding diaryl/α,β-unsaturated/α-hetero) is 1. The first-order valence-corrected chi connectivity index (χ1v) is 11.5. The van der Waals surface area contributed by atoms with Crippen LogP contribution in [0, 0.1) is 17.8 Å². The van der Waals surface area contributed by atoms with Crippen LogP contribution >= 0.6 is 11.8 Å². The minimum absolute atomic E-state index is 0.00157. The fourth-order valence-corrected chi connectivity index (χ4v) is 6.35. The molecule has 0 saturated carbocycles. The third-order valence-corrected chi connectivity index (χ3v) is 8.07. The molecular formula is C21H32N4O5S. The van der Waals surface area contributed by atoms with Gasteiger partial charge in [0, 0.05) is 43.1 Å². The van der Waals surface area contributed by atoms with Crippen LogP contribution in [-0.2, 0) is 19.2 Å². The number of nitrogens with two attached hydrogens (primary N) is 1. The van der Waals surface area contributed by atoms with E-state index in [4.69, 9.17) is 5.73 Å². The van der Waals surface area contributed by atoms with Crippen molar-refractivity contribution < 1.29 is 24.3 Å². The lowest BCUT2D eigenvalue weighted by atomic mass is 9.73. The maximum absolute atomic E-state index is 12.9. The van der Waals surface area contributed by atoms with Crippen molar-refractivity contribution in [2.24, 2.45) is 23.5 Å². The number of rotatable bonds is 8. The number of hydrogen-bond donors (Lipinski definition) is 3. The Hall–Kier alpha value is -1.91. The topological polar surface area (TPSA) is 133 Å². The molecule has 31 heavy (non-hydrogen) atoms. The van der Waals surface area contributed by atoms with E-state index in [-0.39, 0.29) is 58.9 Å². The molecule has 4 N–H and O–H groups in total. The molecule has 3 aliphatic rings. The quantitative estimate of drug-likeness (QED) is 0.447. The molecule has 172 valence electrons. The second-order valence-corrected chi connectivity index (χ2v) is 10.5. The number of fused-ring (bicyclic) bond motifs is 1. The summed E-state index contributed by atoms with van der Waals surface area (Å²) in [5, 5.41) is 13.1. The van der Waals surface area contributed by atoms with Crippen molar-refractivity contribution in [3.8, 4) is 0 Å². The first-order chi connectivity index (χ1) is 14.5. The summed E-state index contributed by atoms with van der Waals surface area (Å²) >= 11 is 1.46. The summed E-state index contributed by atoms with van der Waals surface area (Å²) < 4.78 is 0. The van der Waals surface area contributed by atoms with Crippen molar-refractivity contribution in [3.05, 3.63) is 10.6 Å². The minimum atomic E-state index is -1.12. The summed E-state index contributed by atoms with van der Waals surface area (Å²) in [5.74, 6) is -2.19. The Balaban J connectivity index is 1.75. The molecule has 0 aliphatic carbocycles. The minimum Gasteiger partial charge on any atom is -0.477 e. The van der Waals surface area contributed by atoms with Gasteiger partial charge >= 0.3 is 5.97 Å². The third kappa shape index (κ3) is 4.25. The average molecular weight is 453 g/mol. The zero-order chi connectivity index (χ0) is 23.2. The summed E-state index contributed by atoms with van der Waals surface area (Å²) in [6.07, 6.45) is 0.809. The molecule has 0 unspecified atom stereocenters. The van der Waals surface area contributed by atoms with E-state index in [1.54, 1.807) is 25.9 Å². The zero-order valence-electron chi connectivity index (χ0n) is 18.6. The Morgan fingerprint density at radius 3 is 2.52 bits per heavy atom. The SMILES string of the molecule is C[C@H](N)C(=O)C[C@H](C)[C@H]1C(=O)N2C(C(=O)O)=C(S[C@@H]3CN[C@H](C(=O)N(C)C)C3)[C@H](C)[C@H]12. The van der Waals surface area contributed by atoms with E-state index in [0.717, 1.165) is 0 Å². The van der Waals surface area contributed by atoms with Crippen molar-refractivity contribution in [3.63, 3.8) is 0 Å². The molecule has 0 aromatic carbocycles. The Labute approximate surface area is 186 Å². The lowest BCUT2D eigenvalue weighted by Crippen LogP contribution is -2.62. The van der Waals surface area contributed by atoms with Crippen molar-refractivity contribution in [2.45, 2.75) is 57.0 Å². The van der Waals surface area contributed by atoms with Crippen LogP contribution in [0.5, 0.6) is 0 Å². The van der Waals surface area contributed by atoms with Crippen molar-refractivity contribution in [1.82, 2.24) is 15.1 Å². The Morgan fingerprint density at radius 1 is 1.32 bits per heavy atom. The molecule has 0 aromatic heterocycles. The second kappa shape index (κ2) is 8.91. The molecular weight excluding hydrogens is 420 g/mol. The summed E-state index contributed by atoms with van der Waals surface area (Å²) in [5.41, 5.74) is 5.72. The standard InChI is InChI=1S/C21H32N4O5S/c1-9(6-14(26)11(3)22)15-16-10(2)18(17(21(29)30)25(16)20(15)28)31-12-7-13(23-8-12)19(27)24(4)5/h9-13,15-16,23H,6-8,22H2,1-5H3,(H,29,30)/t9-,10+,11-,12-,13-,15+,16+/m0/s1. The number of thioether (sulfide) groups is 1. The number of carbonyl (C=O) groups is 4. The van der Waals surface area contributed by atoms with Gasteiger partial charge < -0.3 is 26.0 Å².